The van der Waals surface area contributed by atoms with E-state index in [9.17, 15) is 5.11 Å². The van der Waals surface area contributed by atoms with Crippen molar-refractivity contribution in [2.24, 2.45) is 0 Å². The van der Waals surface area contributed by atoms with Gasteiger partial charge in [-0.3, -0.25) is 0 Å². The zero-order valence-corrected chi connectivity index (χ0v) is 15.0. The Morgan fingerprint density at radius 3 is 2.80 bits per heavy atom. The monoisotopic (exact) mass is 357 g/mol. The number of ether oxygens (including phenoxy) is 1. The van der Waals surface area contributed by atoms with E-state index in [2.05, 4.69) is 16.0 Å². The molecule has 0 fully saturated rings. The Kier molecular flexibility index (Phi) is 5.36. The second-order valence-corrected chi connectivity index (χ2v) is 6.14. The molecule has 0 saturated carbocycles. The van der Waals surface area contributed by atoms with Crippen LogP contribution >= 0.6 is 11.6 Å². The fourth-order valence-corrected chi connectivity index (χ4v) is 2.89. The van der Waals surface area contributed by atoms with Gasteiger partial charge in [0.25, 0.3) is 0 Å². The molecule has 3 aromatic rings. The molecule has 0 amide bonds. The Hall–Kier alpha value is -2.37. The minimum Gasteiger partial charge on any atom is -0.478 e. The van der Waals surface area contributed by atoms with Gasteiger partial charge in [0.2, 0.25) is 5.88 Å². The van der Waals surface area contributed by atoms with E-state index in [1.807, 2.05) is 48.9 Å². The number of benzene rings is 1. The van der Waals surface area contributed by atoms with Gasteiger partial charge in [0.1, 0.15) is 5.82 Å². The third-order valence-corrected chi connectivity index (χ3v) is 4.10. The number of imidazole rings is 1. The SMILES string of the molecule is CCOc1ncc(Cn2cc(CO)nc2C)cc1-c1cccc(Cl)c1. The van der Waals surface area contributed by atoms with Crippen molar-refractivity contribution in [3.05, 3.63) is 64.8 Å². The second kappa shape index (κ2) is 7.68. The Balaban J connectivity index is 1.98. The van der Waals surface area contributed by atoms with E-state index >= 15 is 0 Å². The van der Waals surface area contributed by atoms with Crippen LogP contribution in [-0.2, 0) is 13.2 Å². The molecular formula is C19H20ClN3O2. The molecule has 0 radical (unpaired) electrons. The molecule has 0 spiro atoms. The maximum atomic E-state index is 9.24. The lowest BCUT2D eigenvalue weighted by molar-refractivity contribution is 0.277. The van der Waals surface area contributed by atoms with Gasteiger partial charge in [0.15, 0.2) is 0 Å². The van der Waals surface area contributed by atoms with Gasteiger partial charge in [-0.25, -0.2) is 9.97 Å². The summed E-state index contributed by atoms with van der Waals surface area (Å²) < 4.78 is 7.67. The lowest BCUT2D eigenvalue weighted by atomic mass is 10.1. The van der Waals surface area contributed by atoms with Crippen LogP contribution in [0, 0.1) is 6.92 Å². The zero-order valence-electron chi connectivity index (χ0n) is 14.2. The summed E-state index contributed by atoms with van der Waals surface area (Å²) in [6, 6.07) is 9.70. The van der Waals surface area contributed by atoms with Gasteiger partial charge in [-0.15, -0.1) is 0 Å². The Morgan fingerprint density at radius 1 is 1.28 bits per heavy atom. The number of aliphatic hydroxyl groups is 1. The summed E-state index contributed by atoms with van der Waals surface area (Å²) in [5.41, 5.74) is 3.54. The quantitative estimate of drug-likeness (QED) is 0.728. The number of hydrogen-bond acceptors (Lipinski definition) is 4. The number of pyridine rings is 1. The molecule has 0 aliphatic heterocycles. The van der Waals surface area contributed by atoms with Crippen LogP contribution in [0.15, 0.2) is 42.7 Å². The fourth-order valence-electron chi connectivity index (χ4n) is 2.70. The maximum Gasteiger partial charge on any atom is 0.221 e. The molecule has 1 N–H and O–H groups in total. The van der Waals surface area contributed by atoms with Crippen molar-refractivity contribution < 1.29 is 9.84 Å². The number of aliphatic hydroxyl groups excluding tert-OH is 1. The van der Waals surface area contributed by atoms with Crippen LogP contribution in [0.3, 0.4) is 0 Å². The van der Waals surface area contributed by atoms with Crippen LogP contribution in [0.1, 0.15) is 24.0 Å². The molecule has 0 aliphatic carbocycles. The van der Waals surface area contributed by atoms with Gasteiger partial charge in [-0.2, -0.15) is 0 Å². The fraction of sp³-hybridized carbons (Fsp3) is 0.263. The summed E-state index contributed by atoms with van der Waals surface area (Å²) in [6.07, 6.45) is 3.65. The third-order valence-electron chi connectivity index (χ3n) is 3.87. The van der Waals surface area contributed by atoms with Gasteiger partial charge in [-0.05, 0) is 43.2 Å². The van der Waals surface area contributed by atoms with Crippen molar-refractivity contribution in [3.8, 4) is 17.0 Å². The van der Waals surface area contributed by atoms with Gasteiger partial charge >= 0.3 is 0 Å². The lowest BCUT2D eigenvalue weighted by Crippen LogP contribution is -2.03. The van der Waals surface area contributed by atoms with Crippen LogP contribution in [-0.4, -0.2) is 26.2 Å². The molecule has 0 aliphatic rings. The largest absolute Gasteiger partial charge is 0.478 e. The van der Waals surface area contributed by atoms with Gasteiger partial charge in [0, 0.05) is 23.0 Å². The van der Waals surface area contributed by atoms with Gasteiger partial charge in [-0.1, -0.05) is 23.7 Å². The first-order valence-corrected chi connectivity index (χ1v) is 8.49. The number of aryl methyl sites for hydroxylation is 1. The normalized spacial score (nSPS) is 10.9. The van der Waals surface area contributed by atoms with E-state index in [1.165, 1.54) is 0 Å². The van der Waals surface area contributed by atoms with Crippen molar-refractivity contribution in [3.63, 3.8) is 0 Å². The smallest absolute Gasteiger partial charge is 0.221 e. The summed E-state index contributed by atoms with van der Waals surface area (Å²) in [6.45, 7) is 4.94. The summed E-state index contributed by atoms with van der Waals surface area (Å²) in [5.74, 6) is 1.44. The van der Waals surface area contributed by atoms with E-state index in [0.717, 1.165) is 22.5 Å². The van der Waals surface area contributed by atoms with E-state index < -0.39 is 0 Å². The summed E-state index contributed by atoms with van der Waals surface area (Å²) in [5, 5.41) is 9.91. The van der Waals surface area contributed by atoms with Gasteiger partial charge < -0.3 is 14.4 Å². The summed E-state index contributed by atoms with van der Waals surface area (Å²) in [4.78, 5) is 8.79. The number of halogens is 1. The second-order valence-electron chi connectivity index (χ2n) is 5.71. The van der Waals surface area contributed by atoms with Crippen molar-refractivity contribution >= 4 is 11.6 Å². The zero-order chi connectivity index (χ0) is 17.8. The third kappa shape index (κ3) is 4.00. The number of rotatable bonds is 6. The number of aromatic nitrogens is 3. The first-order valence-electron chi connectivity index (χ1n) is 8.12. The lowest BCUT2D eigenvalue weighted by Gasteiger charge is -2.12. The van der Waals surface area contributed by atoms with E-state index in [4.69, 9.17) is 16.3 Å². The van der Waals surface area contributed by atoms with Gasteiger partial charge in [0.05, 0.1) is 25.5 Å². The standard InChI is InChI=1S/C19H20ClN3O2/c1-3-25-19-18(15-5-4-6-16(20)8-15)7-14(9-21-19)10-23-11-17(12-24)22-13(23)2/h4-9,11,24H,3,10,12H2,1-2H3. The highest BCUT2D eigenvalue weighted by atomic mass is 35.5. The molecule has 0 bridgehead atoms. The molecule has 0 atom stereocenters. The molecule has 130 valence electrons. The van der Waals surface area contributed by atoms with Crippen LogP contribution < -0.4 is 4.74 Å². The first kappa shape index (κ1) is 17.5. The molecule has 2 aromatic heterocycles. The minimum atomic E-state index is -0.0663. The number of nitrogens with zero attached hydrogens (tertiary/aromatic N) is 3. The van der Waals surface area contributed by atoms with Crippen LogP contribution in [0.25, 0.3) is 11.1 Å². The van der Waals surface area contributed by atoms with Crippen LogP contribution in [0.2, 0.25) is 5.02 Å². The molecule has 0 saturated heterocycles. The average molecular weight is 358 g/mol. The van der Waals surface area contributed by atoms with Crippen molar-refractivity contribution in [2.45, 2.75) is 27.0 Å². The predicted molar refractivity (Wildman–Crippen MR) is 97.8 cm³/mol. The maximum absolute atomic E-state index is 9.24. The van der Waals surface area contributed by atoms with Crippen molar-refractivity contribution in [1.82, 2.24) is 14.5 Å². The minimum absolute atomic E-state index is 0.0663. The molecule has 0 unspecified atom stereocenters. The first-order chi connectivity index (χ1) is 12.1. The highest BCUT2D eigenvalue weighted by Crippen LogP contribution is 2.31. The van der Waals surface area contributed by atoms with E-state index in [1.54, 1.807) is 6.20 Å². The Labute approximate surface area is 151 Å². The van der Waals surface area contributed by atoms with Crippen LogP contribution in [0.5, 0.6) is 5.88 Å². The van der Waals surface area contributed by atoms with E-state index in [0.29, 0.717) is 29.7 Å². The topological polar surface area (TPSA) is 60.2 Å². The molecule has 3 rings (SSSR count). The van der Waals surface area contributed by atoms with Crippen LogP contribution in [0.4, 0.5) is 0 Å². The molecule has 5 nitrogen and oxygen atoms in total. The highest BCUT2D eigenvalue weighted by Gasteiger charge is 2.11. The van der Waals surface area contributed by atoms with E-state index in [-0.39, 0.29) is 6.61 Å². The molecule has 6 heteroatoms. The summed E-state index contributed by atoms with van der Waals surface area (Å²) in [7, 11) is 0. The molecule has 2 heterocycles. The predicted octanol–water partition coefficient (Wildman–Crippen LogP) is 3.85. The highest BCUT2D eigenvalue weighted by molar-refractivity contribution is 6.30. The van der Waals surface area contributed by atoms with Crippen molar-refractivity contribution in [1.29, 1.82) is 0 Å². The molecule has 1 aromatic carbocycles. The number of hydrogen-bond donors (Lipinski definition) is 1. The Morgan fingerprint density at radius 2 is 2.12 bits per heavy atom. The molecule has 25 heavy (non-hydrogen) atoms. The Bertz CT molecular complexity index is 877. The average Bonchev–Trinajstić information content (AvgIpc) is 2.96. The van der Waals surface area contributed by atoms with Crippen molar-refractivity contribution in [2.75, 3.05) is 6.61 Å². The molecular weight excluding hydrogens is 338 g/mol. The summed E-state index contributed by atoms with van der Waals surface area (Å²) >= 11 is 6.14.